The van der Waals surface area contributed by atoms with E-state index in [1.165, 1.54) is 29.0 Å². The van der Waals surface area contributed by atoms with Crippen LogP contribution in [-0.2, 0) is 13.1 Å². The SMILES string of the molecule is Cc1cc(CNC(=O)c2cc(C(=O)NCc3ccc(F)c(C)c3)n3ncnc3n2)ccc1F. The van der Waals surface area contributed by atoms with Crippen molar-refractivity contribution >= 4 is 17.6 Å². The Morgan fingerprint density at radius 1 is 0.879 bits per heavy atom. The number of amides is 2. The van der Waals surface area contributed by atoms with E-state index in [9.17, 15) is 18.4 Å². The van der Waals surface area contributed by atoms with Crippen molar-refractivity contribution in [1.82, 2.24) is 30.2 Å². The summed E-state index contributed by atoms with van der Waals surface area (Å²) in [5.41, 5.74) is 2.44. The molecule has 10 heteroatoms. The highest BCUT2D eigenvalue weighted by molar-refractivity contribution is 5.98. The van der Waals surface area contributed by atoms with Gasteiger partial charge in [-0.15, -0.1) is 0 Å². The Kier molecular flexibility index (Phi) is 6.07. The maximum Gasteiger partial charge on any atom is 0.270 e. The lowest BCUT2D eigenvalue weighted by atomic mass is 10.1. The summed E-state index contributed by atoms with van der Waals surface area (Å²) in [6.07, 6.45) is 1.23. The zero-order valence-corrected chi connectivity index (χ0v) is 17.9. The van der Waals surface area contributed by atoms with Gasteiger partial charge in [-0.3, -0.25) is 9.59 Å². The van der Waals surface area contributed by atoms with Crippen LogP contribution in [-0.4, -0.2) is 31.4 Å². The number of hydrogen-bond donors (Lipinski definition) is 2. The van der Waals surface area contributed by atoms with Crippen molar-refractivity contribution in [2.75, 3.05) is 0 Å². The van der Waals surface area contributed by atoms with Crippen LogP contribution in [0.4, 0.5) is 8.78 Å². The first-order valence-corrected chi connectivity index (χ1v) is 10.1. The monoisotopic (exact) mass is 450 g/mol. The van der Waals surface area contributed by atoms with Crippen molar-refractivity contribution in [1.29, 1.82) is 0 Å². The van der Waals surface area contributed by atoms with E-state index in [4.69, 9.17) is 0 Å². The van der Waals surface area contributed by atoms with Crippen molar-refractivity contribution in [2.45, 2.75) is 26.9 Å². The summed E-state index contributed by atoms with van der Waals surface area (Å²) in [7, 11) is 0. The molecule has 0 unspecified atom stereocenters. The summed E-state index contributed by atoms with van der Waals surface area (Å²) in [4.78, 5) is 33.7. The average molecular weight is 450 g/mol. The minimum Gasteiger partial charge on any atom is -0.347 e. The van der Waals surface area contributed by atoms with Gasteiger partial charge in [-0.05, 0) is 48.2 Å². The second-order valence-electron chi connectivity index (χ2n) is 7.53. The number of aromatic nitrogens is 4. The molecule has 2 aromatic carbocycles. The molecule has 0 saturated heterocycles. The molecule has 2 amide bonds. The Morgan fingerprint density at radius 3 is 2.03 bits per heavy atom. The third kappa shape index (κ3) is 4.84. The van der Waals surface area contributed by atoms with Crippen LogP contribution in [0.3, 0.4) is 0 Å². The van der Waals surface area contributed by atoms with Gasteiger partial charge in [0.2, 0.25) is 0 Å². The van der Waals surface area contributed by atoms with Crippen LogP contribution >= 0.6 is 0 Å². The fourth-order valence-corrected chi connectivity index (χ4v) is 3.27. The van der Waals surface area contributed by atoms with Gasteiger partial charge >= 0.3 is 0 Å². The van der Waals surface area contributed by atoms with Gasteiger partial charge in [0.05, 0.1) is 0 Å². The normalized spacial score (nSPS) is 10.9. The van der Waals surface area contributed by atoms with Gasteiger partial charge in [0, 0.05) is 19.2 Å². The fraction of sp³-hybridized carbons (Fsp3) is 0.174. The number of rotatable bonds is 6. The molecular weight excluding hydrogens is 430 g/mol. The number of halogens is 2. The highest BCUT2D eigenvalue weighted by Gasteiger charge is 2.18. The molecule has 168 valence electrons. The molecule has 0 bridgehead atoms. The summed E-state index contributed by atoms with van der Waals surface area (Å²) < 4.78 is 28.1. The quantitative estimate of drug-likeness (QED) is 0.471. The number of benzene rings is 2. The largest absolute Gasteiger partial charge is 0.347 e. The molecule has 0 saturated carbocycles. The molecule has 4 rings (SSSR count). The predicted octanol–water partition coefficient (Wildman–Crippen LogP) is 2.88. The highest BCUT2D eigenvalue weighted by atomic mass is 19.1. The molecule has 0 spiro atoms. The number of carbonyl (C=O) groups excluding carboxylic acids is 2. The van der Waals surface area contributed by atoms with Gasteiger partial charge < -0.3 is 10.6 Å². The second kappa shape index (κ2) is 9.11. The van der Waals surface area contributed by atoms with E-state index in [1.807, 2.05) is 0 Å². The molecule has 2 heterocycles. The number of aryl methyl sites for hydroxylation is 2. The number of nitrogens with zero attached hydrogens (tertiary/aromatic N) is 4. The van der Waals surface area contributed by atoms with Crippen molar-refractivity contribution in [3.63, 3.8) is 0 Å². The lowest BCUT2D eigenvalue weighted by molar-refractivity contribution is 0.0942. The van der Waals surface area contributed by atoms with E-state index in [0.29, 0.717) is 11.1 Å². The van der Waals surface area contributed by atoms with E-state index in [0.717, 1.165) is 11.1 Å². The van der Waals surface area contributed by atoms with Crippen molar-refractivity contribution < 1.29 is 18.4 Å². The Balaban J connectivity index is 1.51. The summed E-state index contributed by atoms with van der Waals surface area (Å²) in [6.45, 7) is 3.59. The van der Waals surface area contributed by atoms with E-state index in [2.05, 4.69) is 25.7 Å². The maximum atomic E-state index is 13.5. The third-order valence-corrected chi connectivity index (χ3v) is 5.07. The van der Waals surface area contributed by atoms with Gasteiger partial charge in [-0.25, -0.2) is 13.8 Å². The zero-order chi connectivity index (χ0) is 23.5. The molecule has 2 aromatic heterocycles. The van der Waals surface area contributed by atoms with E-state index in [1.54, 1.807) is 38.1 Å². The molecule has 0 atom stereocenters. The first-order valence-electron chi connectivity index (χ1n) is 10.1. The molecule has 0 aliphatic carbocycles. The van der Waals surface area contributed by atoms with Crippen molar-refractivity contribution in [3.8, 4) is 0 Å². The number of nitrogens with one attached hydrogen (secondary N) is 2. The van der Waals surface area contributed by atoms with Crippen LogP contribution in [0.2, 0.25) is 0 Å². The molecule has 8 nitrogen and oxygen atoms in total. The number of hydrogen-bond acceptors (Lipinski definition) is 5. The Morgan fingerprint density at radius 2 is 1.45 bits per heavy atom. The molecule has 0 fully saturated rings. The smallest absolute Gasteiger partial charge is 0.270 e. The molecule has 2 N–H and O–H groups in total. The van der Waals surface area contributed by atoms with Crippen LogP contribution in [0.15, 0.2) is 48.8 Å². The summed E-state index contributed by atoms with van der Waals surface area (Å²) in [5.74, 6) is -1.59. The average Bonchev–Trinajstić information content (AvgIpc) is 3.28. The van der Waals surface area contributed by atoms with Gasteiger partial charge in [0.1, 0.15) is 29.3 Å². The molecule has 33 heavy (non-hydrogen) atoms. The summed E-state index contributed by atoms with van der Waals surface area (Å²) in [5, 5.41) is 9.44. The van der Waals surface area contributed by atoms with Crippen LogP contribution in [0, 0.1) is 25.5 Å². The fourth-order valence-electron chi connectivity index (χ4n) is 3.27. The molecule has 0 aliphatic heterocycles. The molecule has 0 aliphatic rings. The summed E-state index contributed by atoms with van der Waals surface area (Å²) >= 11 is 0. The van der Waals surface area contributed by atoms with Crippen LogP contribution in [0.1, 0.15) is 43.2 Å². The zero-order valence-electron chi connectivity index (χ0n) is 17.9. The molecule has 4 aromatic rings. The topological polar surface area (TPSA) is 101 Å². The molecule has 0 radical (unpaired) electrons. The second-order valence-corrected chi connectivity index (χ2v) is 7.53. The van der Waals surface area contributed by atoms with Crippen molar-refractivity contribution in [2.24, 2.45) is 0 Å². The first-order chi connectivity index (χ1) is 15.8. The highest BCUT2D eigenvalue weighted by Crippen LogP contribution is 2.12. The van der Waals surface area contributed by atoms with Gasteiger partial charge in [0.25, 0.3) is 17.6 Å². The third-order valence-electron chi connectivity index (χ3n) is 5.07. The number of fused-ring (bicyclic) bond motifs is 1. The Hall–Kier alpha value is -4.21. The first kappa shape index (κ1) is 22.0. The van der Waals surface area contributed by atoms with Gasteiger partial charge in [-0.1, -0.05) is 24.3 Å². The van der Waals surface area contributed by atoms with E-state index >= 15 is 0 Å². The predicted molar refractivity (Wildman–Crippen MR) is 115 cm³/mol. The lowest BCUT2D eigenvalue weighted by Crippen LogP contribution is -2.28. The molecular formula is C23H20F2N6O2. The van der Waals surface area contributed by atoms with Crippen LogP contribution in [0.25, 0.3) is 5.78 Å². The van der Waals surface area contributed by atoms with E-state index in [-0.39, 0.29) is 41.9 Å². The minimum absolute atomic E-state index is 0.0166. The lowest BCUT2D eigenvalue weighted by Gasteiger charge is -2.10. The van der Waals surface area contributed by atoms with Crippen LogP contribution in [0.5, 0.6) is 0 Å². The summed E-state index contributed by atoms with van der Waals surface area (Å²) in [6, 6.07) is 10.4. The minimum atomic E-state index is -0.523. The van der Waals surface area contributed by atoms with Gasteiger partial charge in [0.15, 0.2) is 0 Å². The Bertz CT molecular complexity index is 1370. The number of carbonyl (C=O) groups is 2. The standard InChI is InChI=1S/C23H20F2N6O2/c1-13-7-15(3-5-17(13)24)10-26-21(32)19-9-20(31-23(30-19)28-12-29-31)22(33)27-11-16-4-6-18(25)14(2)8-16/h3-9,12H,10-11H2,1-2H3,(H,26,32)(H,27,33). The van der Waals surface area contributed by atoms with Crippen molar-refractivity contribution in [3.05, 3.63) is 94.1 Å². The van der Waals surface area contributed by atoms with Crippen LogP contribution < -0.4 is 10.6 Å². The maximum absolute atomic E-state index is 13.5. The Labute approximate surface area is 187 Å². The van der Waals surface area contributed by atoms with Gasteiger partial charge in [-0.2, -0.15) is 14.6 Å². The van der Waals surface area contributed by atoms with E-state index < -0.39 is 11.8 Å².